The molecule has 0 spiro atoms. The van der Waals surface area contributed by atoms with E-state index in [0.29, 0.717) is 10.7 Å². The molecule has 5 heteroatoms. The summed E-state index contributed by atoms with van der Waals surface area (Å²) in [5.41, 5.74) is 0.308. The molecule has 0 aromatic carbocycles. The average molecular weight is 274 g/mol. The second kappa shape index (κ2) is 5.36. The van der Waals surface area contributed by atoms with E-state index in [4.69, 9.17) is 16.7 Å². The Kier molecular flexibility index (Phi) is 4.05. The van der Waals surface area contributed by atoms with Crippen molar-refractivity contribution in [3.05, 3.63) is 23.0 Å². The molecule has 0 radical (unpaired) electrons. The number of halogens is 1. The molecule has 1 heterocycles. The van der Waals surface area contributed by atoms with E-state index in [1.54, 1.807) is 6.20 Å². The maximum atomic E-state index is 11.1. The number of rotatable bonds is 3. The Morgan fingerprint density at radius 2 is 2.12 bits per heavy atom. The van der Waals surface area contributed by atoms with Gasteiger partial charge in [0, 0.05) is 17.5 Å². The second-order valence-corrected chi connectivity index (χ2v) is 6.00. The van der Waals surface area contributed by atoms with Gasteiger partial charge >= 0.3 is 5.97 Å². The molecule has 0 amide bonds. The quantitative estimate of drug-likeness (QED) is 0.913. The largest absolute Gasteiger partial charge is 0.477 e. The van der Waals surface area contributed by atoms with Crippen molar-refractivity contribution in [2.75, 3.05) is 6.26 Å². The van der Waals surface area contributed by atoms with E-state index in [0.717, 1.165) is 30.9 Å². The predicted molar refractivity (Wildman–Crippen MR) is 71.2 cm³/mol. The molecule has 94 valence electrons. The molecule has 1 aliphatic rings. The summed E-state index contributed by atoms with van der Waals surface area (Å²) >= 11 is 7.80. The minimum absolute atomic E-state index is 0.289. The summed E-state index contributed by atoms with van der Waals surface area (Å²) in [6, 6.07) is 1.82. The highest BCUT2D eigenvalue weighted by Gasteiger charge is 2.24. The fourth-order valence-corrected chi connectivity index (χ4v) is 3.43. The Morgan fingerprint density at radius 3 is 2.65 bits per heavy atom. The number of nitrogens with zero attached hydrogens (tertiary/aromatic N) is 1. The molecule has 1 N–H and O–H groups in total. The van der Waals surface area contributed by atoms with Gasteiger partial charge in [0.2, 0.25) is 0 Å². The van der Waals surface area contributed by atoms with Crippen molar-refractivity contribution < 1.29 is 9.90 Å². The lowest BCUT2D eigenvalue weighted by Gasteiger charge is -2.29. The first-order valence-electron chi connectivity index (χ1n) is 5.75. The SMILES string of the molecule is CSC1CCC(n2cc(Cl)cc2C(=O)O)CC1. The lowest BCUT2D eigenvalue weighted by atomic mass is 9.94. The average Bonchev–Trinajstić information content (AvgIpc) is 2.72. The second-order valence-electron chi connectivity index (χ2n) is 4.42. The van der Waals surface area contributed by atoms with Crippen LogP contribution in [0.4, 0.5) is 0 Å². The van der Waals surface area contributed by atoms with Crippen LogP contribution in [-0.4, -0.2) is 27.1 Å². The van der Waals surface area contributed by atoms with Gasteiger partial charge in [0.1, 0.15) is 5.69 Å². The summed E-state index contributed by atoms with van der Waals surface area (Å²) < 4.78 is 1.83. The maximum Gasteiger partial charge on any atom is 0.352 e. The Balaban J connectivity index is 2.15. The monoisotopic (exact) mass is 273 g/mol. The van der Waals surface area contributed by atoms with Crippen molar-refractivity contribution in [3.63, 3.8) is 0 Å². The van der Waals surface area contributed by atoms with E-state index in [1.165, 1.54) is 6.07 Å². The van der Waals surface area contributed by atoms with Crippen LogP contribution in [0.25, 0.3) is 0 Å². The van der Waals surface area contributed by atoms with Gasteiger partial charge in [-0.25, -0.2) is 4.79 Å². The molecule has 0 saturated heterocycles. The number of aromatic nitrogens is 1. The minimum Gasteiger partial charge on any atom is -0.477 e. The van der Waals surface area contributed by atoms with Gasteiger partial charge in [0.25, 0.3) is 0 Å². The van der Waals surface area contributed by atoms with E-state index in [1.807, 2.05) is 16.3 Å². The van der Waals surface area contributed by atoms with E-state index >= 15 is 0 Å². The highest BCUT2D eigenvalue weighted by molar-refractivity contribution is 7.99. The summed E-state index contributed by atoms with van der Waals surface area (Å²) in [5.74, 6) is -0.899. The van der Waals surface area contributed by atoms with Crippen LogP contribution in [0.2, 0.25) is 5.02 Å². The van der Waals surface area contributed by atoms with Crippen molar-refractivity contribution in [1.29, 1.82) is 0 Å². The van der Waals surface area contributed by atoms with Crippen LogP contribution in [0.3, 0.4) is 0 Å². The molecule has 1 aromatic rings. The molecule has 17 heavy (non-hydrogen) atoms. The first kappa shape index (κ1) is 12.8. The summed E-state index contributed by atoms with van der Waals surface area (Å²) in [6.07, 6.45) is 8.27. The van der Waals surface area contributed by atoms with Gasteiger partial charge in [-0.05, 0) is 38.0 Å². The molecule has 1 fully saturated rings. The standard InChI is InChI=1S/C12H16ClNO2S/c1-17-10-4-2-9(3-5-10)14-7-8(13)6-11(14)12(15)16/h6-7,9-10H,2-5H2,1H3,(H,15,16). The Morgan fingerprint density at radius 1 is 1.47 bits per heavy atom. The van der Waals surface area contributed by atoms with Crippen LogP contribution >= 0.6 is 23.4 Å². The zero-order valence-corrected chi connectivity index (χ0v) is 11.3. The van der Waals surface area contributed by atoms with Crippen molar-refractivity contribution in [1.82, 2.24) is 4.57 Å². The fraction of sp³-hybridized carbons (Fsp3) is 0.583. The van der Waals surface area contributed by atoms with Gasteiger partial charge < -0.3 is 9.67 Å². The summed E-state index contributed by atoms with van der Waals surface area (Å²) in [4.78, 5) is 11.1. The number of hydrogen-bond acceptors (Lipinski definition) is 2. The zero-order chi connectivity index (χ0) is 12.4. The summed E-state index contributed by atoms with van der Waals surface area (Å²) in [5, 5.41) is 10.4. The molecule has 0 unspecified atom stereocenters. The third-order valence-corrected chi connectivity index (χ3v) is 4.75. The molecule has 1 aliphatic carbocycles. The maximum absolute atomic E-state index is 11.1. The van der Waals surface area contributed by atoms with Gasteiger partial charge in [0.05, 0.1) is 5.02 Å². The fourth-order valence-electron chi connectivity index (χ4n) is 2.48. The highest BCUT2D eigenvalue weighted by Crippen LogP contribution is 2.35. The Labute approximate surface area is 110 Å². The Bertz CT molecular complexity index is 411. The molecule has 1 saturated carbocycles. The number of carbonyl (C=O) groups is 1. The van der Waals surface area contributed by atoms with Crippen LogP contribution in [0, 0.1) is 0 Å². The number of carboxylic acid groups (broad SMARTS) is 1. The lowest BCUT2D eigenvalue weighted by molar-refractivity contribution is 0.0681. The van der Waals surface area contributed by atoms with Crippen LogP contribution in [0.5, 0.6) is 0 Å². The Hall–Kier alpha value is -0.610. The van der Waals surface area contributed by atoms with Crippen molar-refractivity contribution in [2.45, 2.75) is 37.0 Å². The molecular weight excluding hydrogens is 258 g/mol. The summed E-state index contributed by atoms with van der Waals surface area (Å²) in [6.45, 7) is 0. The van der Waals surface area contributed by atoms with Crippen LogP contribution in [0.1, 0.15) is 42.2 Å². The van der Waals surface area contributed by atoms with Crippen molar-refractivity contribution in [2.24, 2.45) is 0 Å². The van der Waals surface area contributed by atoms with Crippen LogP contribution in [0.15, 0.2) is 12.3 Å². The van der Waals surface area contributed by atoms with Gasteiger partial charge in [-0.3, -0.25) is 0 Å². The summed E-state index contributed by atoms with van der Waals surface area (Å²) in [7, 11) is 0. The minimum atomic E-state index is -0.899. The normalized spacial score (nSPS) is 24.8. The molecule has 0 aliphatic heterocycles. The zero-order valence-electron chi connectivity index (χ0n) is 9.73. The third kappa shape index (κ3) is 2.80. The number of carboxylic acids is 1. The first-order chi connectivity index (χ1) is 8.11. The molecule has 2 rings (SSSR count). The number of thioether (sulfide) groups is 1. The molecular formula is C12H16ClNO2S. The van der Waals surface area contributed by atoms with E-state index < -0.39 is 5.97 Å². The molecule has 3 nitrogen and oxygen atoms in total. The van der Waals surface area contributed by atoms with Crippen molar-refractivity contribution in [3.8, 4) is 0 Å². The van der Waals surface area contributed by atoms with Gasteiger partial charge in [0.15, 0.2) is 0 Å². The van der Waals surface area contributed by atoms with Crippen LogP contribution in [-0.2, 0) is 0 Å². The predicted octanol–water partition coefficient (Wildman–Crippen LogP) is 3.69. The molecule has 1 aromatic heterocycles. The smallest absolute Gasteiger partial charge is 0.352 e. The lowest BCUT2D eigenvalue weighted by Crippen LogP contribution is -2.21. The van der Waals surface area contributed by atoms with E-state index in [9.17, 15) is 4.79 Å². The highest BCUT2D eigenvalue weighted by atomic mass is 35.5. The van der Waals surface area contributed by atoms with E-state index in [2.05, 4.69) is 6.26 Å². The van der Waals surface area contributed by atoms with Gasteiger partial charge in [-0.15, -0.1) is 0 Å². The molecule has 0 bridgehead atoms. The van der Waals surface area contributed by atoms with Gasteiger partial charge in [-0.2, -0.15) is 11.8 Å². The first-order valence-corrected chi connectivity index (χ1v) is 7.42. The van der Waals surface area contributed by atoms with Gasteiger partial charge in [-0.1, -0.05) is 11.6 Å². The molecule has 0 atom stereocenters. The number of hydrogen-bond donors (Lipinski definition) is 1. The third-order valence-electron chi connectivity index (χ3n) is 3.40. The number of aromatic carboxylic acids is 1. The van der Waals surface area contributed by atoms with Crippen LogP contribution < -0.4 is 0 Å². The topological polar surface area (TPSA) is 42.2 Å². The van der Waals surface area contributed by atoms with E-state index in [-0.39, 0.29) is 6.04 Å². The van der Waals surface area contributed by atoms with Crippen molar-refractivity contribution >= 4 is 29.3 Å².